The predicted molar refractivity (Wildman–Crippen MR) is 144 cm³/mol. The van der Waals surface area contributed by atoms with Gasteiger partial charge in [0.25, 0.3) is 0 Å². The first-order valence-electron chi connectivity index (χ1n) is 12.4. The molecule has 0 fully saturated rings. The second-order valence-corrected chi connectivity index (χ2v) is 8.77. The van der Waals surface area contributed by atoms with E-state index in [0.29, 0.717) is 5.75 Å². The van der Waals surface area contributed by atoms with Crippen molar-refractivity contribution in [2.45, 2.75) is 40.8 Å². The maximum Gasteiger partial charge on any atom is 0.143 e. The lowest BCUT2D eigenvalue weighted by molar-refractivity contribution is 0.287. The Kier molecular flexibility index (Phi) is 7.66. The summed E-state index contributed by atoms with van der Waals surface area (Å²) in [5.74, 6) is 0.320. The van der Waals surface area contributed by atoms with Crippen molar-refractivity contribution in [1.29, 1.82) is 0 Å². The van der Waals surface area contributed by atoms with E-state index >= 15 is 0 Å². The minimum Gasteiger partial charge on any atom is -0.505 e. The zero-order valence-corrected chi connectivity index (χ0v) is 20.8. The van der Waals surface area contributed by atoms with Crippen molar-refractivity contribution in [3.05, 3.63) is 71.9 Å². The van der Waals surface area contributed by atoms with Crippen LogP contribution in [0, 0.1) is 0 Å². The van der Waals surface area contributed by atoms with Crippen LogP contribution < -0.4 is 5.32 Å². The van der Waals surface area contributed by atoms with Gasteiger partial charge in [0.1, 0.15) is 5.75 Å². The van der Waals surface area contributed by atoms with Crippen LogP contribution in [0.15, 0.2) is 60.8 Å². The van der Waals surface area contributed by atoms with Gasteiger partial charge < -0.3 is 10.4 Å². The quantitative estimate of drug-likeness (QED) is 0.210. The number of anilines is 2. The fraction of sp³-hybridized carbons (Fsp3) is 0.345. The number of aromatic hydroxyl groups is 1. The van der Waals surface area contributed by atoms with E-state index in [1.54, 1.807) is 0 Å². The smallest absolute Gasteiger partial charge is 0.143 e. The van der Waals surface area contributed by atoms with Gasteiger partial charge in [0, 0.05) is 35.9 Å². The van der Waals surface area contributed by atoms with Crippen LogP contribution in [0.4, 0.5) is 11.4 Å². The zero-order chi connectivity index (χ0) is 24.1. The summed E-state index contributed by atoms with van der Waals surface area (Å²) in [6.07, 6.45) is 1.83. The number of fused-ring (bicyclic) bond motifs is 2. The molecule has 4 rings (SSSR count). The molecule has 0 saturated heterocycles. The highest BCUT2D eigenvalue weighted by Crippen LogP contribution is 2.36. The van der Waals surface area contributed by atoms with Crippen molar-refractivity contribution in [2.24, 2.45) is 0 Å². The Morgan fingerprint density at radius 1 is 0.765 bits per heavy atom. The SMILES string of the molecule is CCN(CC)Cc1cc(CN(CC)CC)c(O)c(Nc2ccnc3cc4ccccc4cc23)c1. The number of pyridine rings is 1. The number of hydrogen-bond donors (Lipinski definition) is 2. The van der Waals surface area contributed by atoms with Crippen LogP contribution in [0.25, 0.3) is 21.7 Å². The highest BCUT2D eigenvalue weighted by Gasteiger charge is 2.15. The number of rotatable bonds is 10. The van der Waals surface area contributed by atoms with E-state index in [4.69, 9.17) is 0 Å². The van der Waals surface area contributed by atoms with E-state index in [1.165, 1.54) is 16.3 Å². The lowest BCUT2D eigenvalue weighted by Gasteiger charge is -2.23. The van der Waals surface area contributed by atoms with Gasteiger partial charge in [-0.05, 0) is 72.8 Å². The van der Waals surface area contributed by atoms with E-state index in [9.17, 15) is 5.11 Å². The van der Waals surface area contributed by atoms with Crippen molar-refractivity contribution in [1.82, 2.24) is 14.8 Å². The summed E-state index contributed by atoms with van der Waals surface area (Å²) in [7, 11) is 0. The molecule has 3 aromatic carbocycles. The molecule has 0 aliphatic rings. The normalized spacial score (nSPS) is 11.7. The minimum atomic E-state index is 0.320. The van der Waals surface area contributed by atoms with Crippen LogP contribution in [-0.4, -0.2) is 46.1 Å². The molecule has 1 heterocycles. The average molecular weight is 457 g/mol. The molecule has 0 bridgehead atoms. The molecule has 5 nitrogen and oxygen atoms in total. The van der Waals surface area contributed by atoms with Crippen molar-refractivity contribution >= 4 is 33.1 Å². The van der Waals surface area contributed by atoms with Gasteiger partial charge in [-0.25, -0.2) is 0 Å². The molecule has 0 aliphatic carbocycles. The fourth-order valence-corrected chi connectivity index (χ4v) is 4.55. The summed E-state index contributed by atoms with van der Waals surface area (Å²) >= 11 is 0. The maximum absolute atomic E-state index is 11.3. The predicted octanol–water partition coefficient (Wildman–Crippen LogP) is 6.52. The summed E-state index contributed by atoms with van der Waals surface area (Å²) in [5.41, 5.74) is 4.78. The van der Waals surface area contributed by atoms with Crippen molar-refractivity contribution in [3.8, 4) is 5.75 Å². The number of nitrogens with one attached hydrogen (secondary N) is 1. The van der Waals surface area contributed by atoms with Gasteiger partial charge in [-0.1, -0.05) is 52.0 Å². The first kappa shape index (κ1) is 24.0. The van der Waals surface area contributed by atoms with Gasteiger partial charge in [-0.3, -0.25) is 14.8 Å². The van der Waals surface area contributed by atoms with Gasteiger partial charge in [0.15, 0.2) is 0 Å². The van der Waals surface area contributed by atoms with Crippen LogP contribution in [0.5, 0.6) is 5.75 Å². The number of benzene rings is 3. The Balaban J connectivity index is 1.78. The number of hydrogen-bond acceptors (Lipinski definition) is 5. The Hall–Kier alpha value is -3.15. The molecular weight excluding hydrogens is 420 g/mol. The fourth-order valence-electron chi connectivity index (χ4n) is 4.55. The minimum absolute atomic E-state index is 0.320. The van der Waals surface area contributed by atoms with Crippen molar-refractivity contribution < 1.29 is 5.11 Å². The van der Waals surface area contributed by atoms with Crippen LogP contribution >= 0.6 is 0 Å². The molecule has 0 aliphatic heterocycles. The molecule has 5 heteroatoms. The summed E-state index contributed by atoms with van der Waals surface area (Å²) in [4.78, 5) is 9.32. The zero-order valence-electron chi connectivity index (χ0n) is 20.8. The Bertz CT molecular complexity index is 1260. The molecule has 0 unspecified atom stereocenters. The van der Waals surface area contributed by atoms with Gasteiger partial charge in [-0.2, -0.15) is 0 Å². The van der Waals surface area contributed by atoms with Crippen LogP contribution in [0.1, 0.15) is 38.8 Å². The van der Waals surface area contributed by atoms with Gasteiger partial charge in [0.05, 0.1) is 11.2 Å². The summed E-state index contributed by atoms with van der Waals surface area (Å²) < 4.78 is 0. The molecule has 0 amide bonds. The second kappa shape index (κ2) is 10.9. The third-order valence-corrected chi connectivity index (χ3v) is 6.72. The highest BCUT2D eigenvalue weighted by molar-refractivity contribution is 6.02. The lowest BCUT2D eigenvalue weighted by Crippen LogP contribution is -2.24. The number of aromatic nitrogens is 1. The molecule has 34 heavy (non-hydrogen) atoms. The van der Waals surface area contributed by atoms with E-state index in [1.807, 2.05) is 18.3 Å². The number of phenols is 1. The van der Waals surface area contributed by atoms with Crippen molar-refractivity contribution in [3.63, 3.8) is 0 Å². The second-order valence-electron chi connectivity index (χ2n) is 8.77. The van der Waals surface area contributed by atoms with E-state index < -0.39 is 0 Å². The van der Waals surface area contributed by atoms with Crippen LogP contribution in [-0.2, 0) is 13.1 Å². The maximum atomic E-state index is 11.3. The molecular formula is C29H36N4O. The lowest BCUT2D eigenvalue weighted by atomic mass is 10.0. The highest BCUT2D eigenvalue weighted by atomic mass is 16.3. The first-order chi connectivity index (χ1) is 16.6. The third-order valence-electron chi connectivity index (χ3n) is 6.72. The van der Waals surface area contributed by atoms with Gasteiger partial charge in [0.2, 0.25) is 0 Å². The Morgan fingerprint density at radius 3 is 2.09 bits per heavy atom. The average Bonchev–Trinajstić information content (AvgIpc) is 2.87. The summed E-state index contributed by atoms with van der Waals surface area (Å²) in [5, 5.41) is 18.2. The molecule has 0 radical (unpaired) electrons. The standard InChI is InChI=1S/C29H36N4O/c1-5-32(6-2)19-21-15-24(20-33(7-3)8-4)29(34)28(16-21)31-26-13-14-30-27-18-23-12-10-9-11-22(23)17-25(26)27/h9-18,34H,5-8,19-20H2,1-4H3,(H,30,31). The van der Waals surface area contributed by atoms with Crippen molar-refractivity contribution in [2.75, 3.05) is 31.5 Å². The number of nitrogens with zero attached hydrogens (tertiary/aromatic N) is 3. The van der Waals surface area contributed by atoms with E-state index in [2.05, 4.69) is 90.3 Å². The third kappa shape index (κ3) is 5.16. The molecule has 0 saturated carbocycles. The van der Waals surface area contributed by atoms with E-state index in [0.717, 1.165) is 67.1 Å². The van der Waals surface area contributed by atoms with E-state index in [-0.39, 0.29) is 0 Å². The largest absolute Gasteiger partial charge is 0.505 e. The summed E-state index contributed by atoms with van der Waals surface area (Å²) in [6, 6.07) is 18.9. The molecule has 2 N–H and O–H groups in total. The molecule has 178 valence electrons. The monoisotopic (exact) mass is 456 g/mol. The van der Waals surface area contributed by atoms with Crippen LogP contribution in [0.2, 0.25) is 0 Å². The van der Waals surface area contributed by atoms with Crippen LogP contribution in [0.3, 0.4) is 0 Å². The molecule has 1 aromatic heterocycles. The topological polar surface area (TPSA) is 51.6 Å². The summed E-state index contributed by atoms with van der Waals surface area (Å²) in [6.45, 7) is 14.2. The first-order valence-corrected chi connectivity index (χ1v) is 12.4. The molecule has 0 spiro atoms. The van der Waals surface area contributed by atoms with Gasteiger partial charge >= 0.3 is 0 Å². The number of phenolic OH excluding ortho intramolecular Hbond substituents is 1. The molecule has 4 aromatic rings. The molecule has 0 atom stereocenters. The van der Waals surface area contributed by atoms with Gasteiger partial charge in [-0.15, -0.1) is 0 Å². The Morgan fingerprint density at radius 2 is 1.41 bits per heavy atom. The Labute approximate surface area is 203 Å².